The molecule has 0 saturated carbocycles. The maximum atomic E-state index is 11.3. The number of aliphatic carboxylic acids is 1. The number of carboxylic acid groups (broad SMARTS) is 1. The van der Waals surface area contributed by atoms with E-state index >= 15 is 0 Å². The van der Waals surface area contributed by atoms with Crippen molar-refractivity contribution in [1.29, 1.82) is 0 Å². The highest BCUT2D eigenvalue weighted by atomic mass is 16.6. The Morgan fingerprint density at radius 3 is 2.64 bits per heavy atom. The van der Waals surface area contributed by atoms with E-state index in [1.54, 1.807) is 6.92 Å². The lowest BCUT2D eigenvalue weighted by Gasteiger charge is -2.23. The molecule has 80 valence electrons. The molecule has 2 unspecified atom stereocenters. The van der Waals surface area contributed by atoms with Gasteiger partial charge in [-0.05, 0) is 19.8 Å². The largest absolute Gasteiger partial charge is 0.480 e. The summed E-state index contributed by atoms with van der Waals surface area (Å²) >= 11 is 0. The highest BCUT2D eigenvalue weighted by Gasteiger charge is 2.40. The number of ether oxygens (including phenoxy) is 1. The van der Waals surface area contributed by atoms with Crippen molar-refractivity contribution in [3.05, 3.63) is 0 Å². The van der Waals surface area contributed by atoms with Crippen molar-refractivity contribution in [2.24, 2.45) is 0 Å². The molecule has 14 heavy (non-hydrogen) atoms. The van der Waals surface area contributed by atoms with E-state index in [0.29, 0.717) is 0 Å². The summed E-state index contributed by atoms with van der Waals surface area (Å²) in [6.45, 7) is 1.78. The molecule has 1 aliphatic rings. The van der Waals surface area contributed by atoms with E-state index < -0.39 is 24.3 Å². The molecule has 2 atom stereocenters. The van der Waals surface area contributed by atoms with Crippen LogP contribution in [0.15, 0.2) is 0 Å². The molecule has 1 heterocycles. The minimum absolute atomic E-state index is 0.161. The second kappa shape index (κ2) is 4.28. The van der Waals surface area contributed by atoms with Crippen molar-refractivity contribution >= 4 is 12.1 Å². The minimum atomic E-state index is -1.12. The number of aliphatic hydroxyl groups is 1. The lowest BCUT2D eigenvalue weighted by molar-refractivity contribution is -0.143. The fourth-order valence-electron chi connectivity index (χ4n) is 1.48. The topological polar surface area (TPSA) is 87.1 Å². The first-order chi connectivity index (χ1) is 6.57. The van der Waals surface area contributed by atoms with Crippen LogP contribution in [0.4, 0.5) is 4.79 Å². The fraction of sp³-hybridized carbons (Fsp3) is 0.750. The Kier molecular flexibility index (Phi) is 3.29. The van der Waals surface area contributed by atoms with Gasteiger partial charge in [-0.1, -0.05) is 0 Å². The molecule has 0 radical (unpaired) electrons. The number of aliphatic hydroxyl groups excluding tert-OH is 1. The Morgan fingerprint density at radius 1 is 1.50 bits per heavy atom. The summed E-state index contributed by atoms with van der Waals surface area (Å²) < 4.78 is 4.64. The monoisotopic (exact) mass is 203 g/mol. The zero-order chi connectivity index (χ0) is 10.7. The number of amides is 1. The molecule has 1 saturated heterocycles. The summed E-state index contributed by atoms with van der Waals surface area (Å²) in [5.41, 5.74) is 0. The summed E-state index contributed by atoms with van der Waals surface area (Å²) in [6.07, 6.45) is -1.29. The van der Waals surface area contributed by atoms with E-state index in [9.17, 15) is 14.7 Å². The third-order valence-electron chi connectivity index (χ3n) is 2.12. The summed E-state index contributed by atoms with van der Waals surface area (Å²) in [5.74, 6) is -1.12. The van der Waals surface area contributed by atoms with Gasteiger partial charge in [-0.15, -0.1) is 0 Å². The molecule has 0 spiro atoms. The first-order valence-corrected chi connectivity index (χ1v) is 4.44. The number of carbonyl (C=O) groups is 2. The van der Waals surface area contributed by atoms with Crippen molar-refractivity contribution in [3.63, 3.8) is 0 Å². The SMILES string of the molecule is CCOC(=O)N1C(O)CCC1C(=O)O. The number of rotatable bonds is 2. The summed E-state index contributed by atoms with van der Waals surface area (Å²) in [6, 6.07) is -0.968. The van der Waals surface area contributed by atoms with Crippen LogP contribution in [0.1, 0.15) is 19.8 Å². The van der Waals surface area contributed by atoms with Gasteiger partial charge in [-0.2, -0.15) is 0 Å². The van der Waals surface area contributed by atoms with Crippen LogP contribution in [0.25, 0.3) is 0 Å². The van der Waals surface area contributed by atoms with Crippen LogP contribution in [-0.2, 0) is 9.53 Å². The third kappa shape index (κ3) is 1.95. The Balaban J connectivity index is 2.71. The lowest BCUT2D eigenvalue weighted by Crippen LogP contribution is -2.45. The average Bonchev–Trinajstić information content (AvgIpc) is 2.47. The van der Waals surface area contributed by atoms with E-state index in [4.69, 9.17) is 5.11 Å². The maximum Gasteiger partial charge on any atom is 0.412 e. The summed E-state index contributed by atoms with van der Waals surface area (Å²) in [7, 11) is 0. The van der Waals surface area contributed by atoms with Gasteiger partial charge >= 0.3 is 12.1 Å². The second-order valence-electron chi connectivity index (χ2n) is 3.02. The maximum absolute atomic E-state index is 11.3. The van der Waals surface area contributed by atoms with Crippen LogP contribution in [-0.4, -0.2) is 46.1 Å². The molecule has 6 nitrogen and oxygen atoms in total. The number of hydrogen-bond donors (Lipinski definition) is 2. The van der Waals surface area contributed by atoms with Crippen LogP contribution in [0.5, 0.6) is 0 Å². The van der Waals surface area contributed by atoms with Crippen molar-refractivity contribution in [2.45, 2.75) is 32.0 Å². The van der Waals surface area contributed by atoms with Crippen molar-refractivity contribution in [3.8, 4) is 0 Å². The van der Waals surface area contributed by atoms with Gasteiger partial charge in [0.25, 0.3) is 0 Å². The fourth-order valence-corrected chi connectivity index (χ4v) is 1.48. The predicted molar refractivity (Wildman–Crippen MR) is 45.5 cm³/mol. The van der Waals surface area contributed by atoms with E-state index in [-0.39, 0.29) is 19.4 Å². The molecule has 0 aromatic carbocycles. The van der Waals surface area contributed by atoms with Gasteiger partial charge in [0.1, 0.15) is 12.3 Å². The smallest absolute Gasteiger partial charge is 0.412 e. The Bertz CT molecular complexity index is 242. The number of carbonyl (C=O) groups excluding carboxylic acids is 1. The molecule has 0 aromatic heterocycles. The highest BCUT2D eigenvalue weighted by molar-refractivity contribution is 5.80. The van der Waals surface area contributed by atoms with E-state index in [2.05, 4.69) is 4.74 Å². The molecule has 0 bridgehead atoms. The van der Waals surface area contributed by atoms with Crippen LogP contribution in [0, 0.1) is 0 Å². The van der Waals surface area contributed by atoms with Gasteiger partial charge in [0, 0.05) is 0 Å². The predicted octanol–water partition coefficient (Wildman–Crippen LogP) is 0.0103. The van der Waals surface area contributed by atoms with Crippen molar-refractivity contribution < 1.29 is 24.5 Å². The molecule has 0 aliphatic carbocycles. The van der Waals surface area contributed by atoms with Crippen LogP contribution in [0.2, 0.25) is 0 Å². The summed E-state index contributed by atoms with van der Waals surface area (Å²) in [5, 5.41) is 18.1. The van der Waals surface area contributed by atoms with Crippen LogP contribution >= 0.6 is 0 Å². The Morgan fingerprint density at radius 2 is 2.14 bits per heavy atom. The summed E-state index contributed by atoms with van der Waals surface area (Å²) in [4.78, 5) is 22.8. The van der Waals surface area contributed by atoms with Crippen LogP contribution in [0.3, 0.4) is 0 Å². The van der Waals surface area contributed by atoms with Gasteiger partial charge in [0.15, 0.2) is 0 Å². The molecule has 6 heteroatoms. The first kappa shape index (κ1) is 10.8. The quantitative estimate of drug-likeness (QED) is 0.660. The lowest BCUT2D eigenvalue weighted by atomic mass is 10.2. The molecule has 0 aromatic rings. The van der Waals surface area contributed by atoms with Crippen LogP contribution < -0.4 is 0 Å². The Labute approximate surface area is 81.1 Å². The van der Waals surface area contributed by atoms with Gasteiger partial charge < -0.3 is 14.9 Å². The van der Waals surface area contributed by atoms with Crippen molar-refractivity contribution in [2.75, 3.05) is 6.61 Å². The second-order valence-corrected chi connectivity index (χ2v) is 3.02. The van der Waals surface area contributed by atoms with E-state index in [1.165, 1.54) is 0 Å². The van der Waals surface area contributed by atoms with Gasteiger partial charge in [-0.25, -0.2) is 9.59 Å². The molecular formula is C8H13NO5. The molecule has 1 amide bonds. The Hall–Kier alpha value is -1.30. The van der Waals surface area contributed by atoms with E-state index in [0.717, 1.165) is 4.90 Å². The van der Waals surface area contributed by atoms with Gasteiger partial charge in [-0.3, -0.25) is 4.90 Å². The van der Waals surface area contributed by atoms with E-state index in [1.807, 2.05) is 0 Å². The molecule has 1 rings (SSSR count). The van der Waals surface area contributed by atoms with Gasteiger partial charge in [0.2, 0.25) is 0 Å². The molecule has 2 N–H and O–H groups in total. The number of likely N-dealkylation sites (tertiary alicyclic amines) is 1. The number of carboxylic acids is 1. The average molecular weight is 203 g/mol. The zero-order valence-electron chi connectivity index (χ0n) is 7.84. The molecule has 1 fully saturated rings. The zero-order valence-corrected chi connectivity index (χ0v) is 7.84. The third-order valence-corrected chi connectivity index (χ3v) is 2.12. The normalized spacial score (nSPS) is 26.3. The first-order valence-electron chi connectivity index (χ1n) is 4.44. The minimum Gasteiger partial charge on any atom is -0.480 e. The highest BCUT2D eigenvalue weighted by Crippen LogP contribution is 2.23. The standard InChI is InChI=1S/C8H13NO5/c1-2-14-8(13)9-5(7(11)12)3-4-6(9)10/h5-6,10H,2-4H2,1H3,(H,11,12). The molecular weight excluding hydrogens is 190 g/mol. The van der Waals surface area contributed by atoms with Crippen molar-refractivity contribution in [1.82, 2.24) is 4.90 Å². The molecule has 1 aliphatic heterocycles. The number of nitrogens with zero attached hydrogens (tertiary/aromatic N) is 1. The number of hydrogen-bond acceptors (Lipinski definition) is 4. The van der Waals surface area contributed by atoms with Gasteiger partial charge in [0.05, 0.1) is 6.61 Å².